The van der Waals surface area contributed by atoms with Crippen LogP contribution in [0.25, 0.3) is 0 Å². The smallest absolute Gasteiger partial charge is 0.307 e. The molecule has 0 saturated carbocycles. The van der Waals surface area contributed by atoms with Crippen LogP contribution in [-0.4, -0.2) is 66.4 Å². The largest absolute Gasteiger partial charge is 0.481 e. The van der Waals surface area contributed by atoms with E-state index in [9.17, 15) is 14.4 Å². The molecule has 0 radical (unpaired) electrons. The van der Waals surface area contributed by atoms with E-state index in [0.29, 0.717) is 23.9 Å². The molecule has 0 bridgehead atoms. The number of aliphatic carboxylic acids is 2. The zero-order valence-electron chi connectivity index (χ0n) is 17.0. The number of carbonyl (C=O) groups is 3. The molecule has 0 heterocycles. The molecular formula is C20H36NO6+. The summed E-state index contributed by atoms with van der Waals surface area (Å²) in [7, 11) is 5.80. The maximum atomic E-state index is 11.9. The molecule has 0 aliphatic rings. The number of quaternary nitrogens is 1. The van der Waals surface area contributed by atoms with Crippen molar-refractivity contribution >= 4 is 17.9 Å². The molecule has 0 saturated heterocycles. The first-order valence-corrected chi connectivity index (χ1v) is 9.68. The molecule has 0 aromatic heterocycles. The van der Waals surface area contributed by atoms with E-state index in [1.165, 1.54) is 0 Å². The predicted molar refractivity (Wildman–Crippen MR) is 103 cm³/mol. The molecule has 0 aromatic rings. The predicted octanol–water partition coefficient (Wildman–Crippen LogP) is 3.23. The molecule has 156 valence electrons. The van der Waals surface area contributed by atoms with Gasteiger partial charge in [0.15, 0.2) is 6.10 Å². The van der Waals surface area contributed by atoms with Gasteiger partial charge in [-0.2, -0.15) is 0 Å². The van der Waals surface area contributed by atoms with Crippen LogP contribution in [0.5, 0.6) is 0 Å². The average Bonchev–Trinajstić information content (AvgIpc) is 2.49. The Morgan fingerprint density at radius 2 is 1.41 bits per heavy atom. The fraction of sp³-hybridized carbons (Fsp3) is 0.750. The van der Waals surface area contributed by atoms with Crippen LogP contribution in [0.15, 0.2) is 12.2 Å². The molecule has 1 unspecified atom stereocenters. The minimum Gasteiger partial charge on any atom is -0.481 e. The monoisotopic (exact) mass is 386 g/mol. The van der Waals surface area contributed by atoms with Crippen molar-refractivity contribution in [2.45, 2.75) is 70.3 Å². The fourth-order valence-electron chi connectivity index (χ4n) is 2.68. The van der Waals surface area contributed by atoms with Crippen LogP contribution in [0.1, 0.15) is 64.2 Å². The number of rotatable bonds is 16. The van der Waals surface area contributed by atoms with E-state index in [4.69, 9.17) is 14.9 Å². The molecule has 0 aliphatic carbocycles. The highest BCUT2D eigenvalue weighted by molar-refractivity contribution is 5.71. The molecule has 2 N–H and O–H groups in total. The summed E-state index contributed by atoms with van der Waals surface area (Å²) in [5.41, 5.74) is 0. The Hall–Kier alpha value is -1.89. The number of ether oxygens (including phenoxy) is 1. The van der Waals surface area contributed by atoms with Gasteiger partial charge in [-0.25, -0.2) is 0 Å². The second kappa shape index (κ2) is 14.2. The lowest BCUT2D eigenvalue weighted by Crippen LogP contribution is -2.43. The summed E-state index contributed by atoms with van der Waals surface area (Å²) in [4.78, 5) is 33.2. The highest BCUT2D eigenvalue weighted by atomic mass is 16.5. The van der Waals surface area contributed by atoms with E-state index in [0.717, 1.165) is 38.5 Å². The minimum absolute atomic E-state index is 0.170. The van der Waals surface area contributed by atoms with Crippen molar-refractivity contribution in [3.05, 3.63) is 12.2 Å². The molecule has 0 amide bonds. The van der Waals surface area contributed by atoms with Crippen LogP contribution >= 0.6 is 0 Å². The molecule has 7 heteroatoms. The lowest BCUT2D eigenvalue weighted by molar-refractivity contribution is -0.873. The molecule has 7 nitrogen and oxygen atoms in total. The molecule has 27 heavy (non-hydrogen) atoms. The van der Waals surface area contributed by atoms with Gasteiger partial charge in [-0.3, -0.25) is 14.4 Å². The number of unbranched alkanes of at least 4 members (excludes halogenated alkanes) is 5. The van der Waals surface area contributed by atoms with Gasteiger partial charge in [-0.1, -0.05) is 18.6 Å². The van der Waals surface area contributed by atoms with Gasteiger partial charge in [-0.15, -0.1) is 0 Å². The van der Waals surface area contributed by atoms with Crippen LogP contribution in [0.2, 0.25) is 0 Å². The standard InChI is InChI=1S/C20H35NO6/c1-21(2,3)16-17(15-19(24)25)27-20(26)14-12-10-8-6-4-5-7-9-11-13-18(22)23/h4,6,17H,5,7-16H2,1-3H3,(H-,22,23,24,25)/p+1/b6-4+. The Balaban J connectivity index is 3.83. The lowest BCUT2D eigenvalue weighted by atomic mass is 10.1. The first-order chi connectivity index (χ1) is 12.6. The third kappa shape index (κ3) is 18.7. The SMILES string of the molecule is C[N+](C)(C)CC(CC(=O)O)OC(=O)CCCC/C=C/CCCCCC(=O)O. The number of hydrogen-bond donors (Lipinski definition) is 2. The Morgan fingerprint density at radius 1 is 0.852 bits per heavy atom. The van der Waals surface area contributed by atoms with Gasteiger partial charge in [0.05, 0.1) is 27.6 Å². The molecule has 0 rings (SSSR count). The van der Waals surface area contributed by atoms with E-state index in [1.807, 2.05) is 21.1 Å². The quantitative estimate of drug-likeness (QED) is 0.183. The molecule has 1 atom stereocenters. The summed E-state index contributed by atoms with van der Waals surface area (Å²) < 4.78 is 5.88. The third-order valence-electron chi connectivity index (χ3n) is 3.88. The molecule has 0 aromatic carbocycles. The van der Waals surface area contributed by atoms with Gasteiger partial charge in [-0.05, 0) is 38.5 Å². The number of nitrogens with zero attached hydrogens (tertiary/aromatic N) is 1. The number of carbonyl (C=O) groups excluding carboxylic acids is 1. The van der Waals surface area contributed by atoms with Gasteiger partial charge in [0, 0.05) is 12.8 Å². The van der Waals surface area contributed by atoms with Crippen molar-refractivity contribution in [3.8, 4) is 0 Å². The van der Waals surface area contributed by atoms with Crippen LogP contribution in [0.4, 0.5) is 0 Å². The van der Waals surface area contributed by atoms with Crippen molar-refractivity contribution in [1.82, 2.24) is 0 Å². The summed E-state index contributed by atoms with van der Waals surface area (Å²) in [6.07, 6.45) is 10.0. The van der Waals surface area contributed by atoms with Gasteiger partial charge < -0.3 is 19.4 Å². The van der Waals surface area contributed by atoms with Crippen molar-refractivity contribution < 1.29 is 33.8 Å². The Labute approximate surface area is 162 Å². The highest BCUT2D eigenvalue weighted by Crippen LogP contribution is 2.10. The second-order valence-electron chi connectivity index (χ2n) is 7.89. The number of carboxylic acid groups (broad SMARTS) is 2. The van der Waals surface area contributed by atoms with Gasteiger partial charge >= 0.3 is 17.9 Å². The number of hydrogen-bond acceptors (Lipinski definition) is 4. The van der Waals surface area contributed by atoms with Crippen molar-refractivity contribution in [1.29, 1.82) is 0 Å². The van der Waals surface area contributed by atoms with E-state index in [2.05, 4.69) is 12.2 Å². The first-order valence-electron chi connectivity index (χ1n) is 9.68. The average molecular weight is 387 g/mol. The summed E-state index contributed by atoms with van der Waals surface area (Å²) in [5.74, 6) is -2.04. The normalized spacial score (nSPS) is 12.9. The molecule has 0 aliphatic heterocycles. The number of esters is 1. The van der Waals surface area contributed by atoms with Crippen molar-refractivity contribution in [2.75, 3.05) is 27.7 Å². The summed E-state index contributed by atoms with van der Waals surface area (Å²) in [6.45, 7) is 0.466. The second-order valence-corrected chi connectivity index (χ2v) is 7.89. The highest BCUT2D eigenvalue weighted by Gasteiger charge is 2.24. The minimum atomic E-state index is -0.964. The van der Waals surface area contributed by atoms with Crippen LogP contribution in [0, 0.1) is 0 Å². The zero-order chi connectivity index (χ0) is 20.7. The first kappa shape index (κ1) is 25.1. The fourth-order valence-corrected chi connectivity index (χ4v) is 2.68. The van der Waals surface area contributed by atoms with Crippen LogP contribution < -0.4 is 0 Å². The maximum absolute atomic E-state index is 11.9. The lowest BCUT2D eigenvalue weighted by Gasteiger charge is -2.28. The van der Waals surface area contributed by atoms with Crippen molar-refractivity contribution in [3.63, 3.8) is 0 Å². The Morgan fingerprint density at radius 3 is 1.93 bits per heavy atom. The van der Waals surface area contributed by atoms with E-state index in [1.54, 1.807) is 0 Å². The Kier molecular flexibility index (Phi) is 13.2. The number of carboxylic acids is 2. The molecular weight excluding hydrogens is 350 g/mol. The maximum Gasteiger partial charge on any atom is 0.307 e. The topological polar surface area (TPSA) is 101 Å². The van der Waals surface area contributed by atoms with Crippen molar-refractivity contribution in [2.24, 2.45) is 0 Å². The van der Waals surface area contributed by atoms with Crippen LogP contribution in [0.3, 0.4) is 0 Å². The third-order valence-corrected chi connectivity index (χ3v) is 3.88. The summed E-state index contributed by atoms with van der Waals surface area (Å²) >= 11 is 0. The van der Waals surface area contributed by atoms with E-state index >= 15 is 0 Å². The number of likely N-dealkylation sites (N-methyl/N-ethyl adjacent to an activating group) is 1. The molecule has 0 fully saturated rings. The molecule has 0 spiro atoms. The van der Waals surface area contributed by atoms with Gasteiger partial charge in [0.2, 0.25) is 0 Å². The summed E-state index contributed by atoms with van der Waals surface area (Å²) in [5, 5.41) is 17.5. The van der Waals surface area contributed by atoms with E-state index < -0.39 is 18.0 Å². The van der Waals surface area contributed by atoms with Crippen LogP contribution in [-0.2, 0) is 19.1 Å². The van der Waals surface area contributed by atoms with Gasteiger partial charge in [0.1, 0.15) is 6.54 Å². The van der Waals surface area contributed by atoms with Gasteiger partial charge in [0.25, 0.3) is 0 Å². The van der Waals surface area contributed by atoms with E-state index in [-0.39, 0.29) is 18.8 Å². The zero-order valence-corrected chi connectivity index (χ0v) is 17.0. The Bertz CT molecular complexity index is 481. The summed E-state index contributed by atoms with van der Waals surface area (Å²) in [6, 6.07) is 0. The number of allylic oxidation sites excluding steroid dienone is 2.